The van der Waals surface area contributed by atoms with E-state index in [1.807, 2.05) is 32.0 Å². The first kappa shape index (κ1) is 34.4. The summed E-state index contributed by atoms with van der Waals surface area (Å²) >= 11 is 0. The van der Waals surface area contributed by atoms with Gasteiger partial charge < -0.3 is 19.8 Å². The largest absolute Gasteiger partial charge is 0.496 e. The van der Waals surface area contributed by atoms with E-state index in [2.05, 4.69) is 9.84 Å². The van der Waals surface area contributed by atoms with Gasteiger partial charge in [-0.05, 0) is 67.8 Å². The molecule has 0 aliphatic rings. The lowest BCUT2D eigenvalue weighted by Crippen LogP contribution is -2.36. The van der Waals surface area contributed by atoms with E-state index < -0.39 is 44.4 Å². The van der Waals surface area contributed by atoms with Crippen molar-refractivity contribution in [2.24, 2.45) is 0 Å². The van der Waals surface area contributed by atoms with Gasteiger partial charge in [0, 0.05) is 28.8 Å². The molecular weight excluding hydrogens is 599 g/mol. The molecule has 0 spiro atoms. The van der Waals surface area contributed by atoms with Gasteiger partial charge in [-0.1, -0.05) is 37.3 Å². The second kappa shape index (κ2) is 14.1. The zero-order valence-electron chi connectivity index (χ0n) is 24.7. The lowest BCUT2D eigenvalue weighted by atomic mass is 9.93. The van der Waals surface area contributed by atoms with E-state index in [1.54, 1.807) is 11.5 Å². The maximum absolute atomic E-state index is 14.2. The zero-order valence-corrected chi connectivity index (χ0v) is 25.6. The molecule has 0 fully saturated rings. The van der Waals surface area contributed by atoms with Gasteiger partial charge in [-0.25, -0.2) is 13.3 Å². The second-order valence-electron chi connectivity index (χ2n) is 9.83. The quantitative estimate of drug-likeness (QED) is 0.0715. The molecule has 11 nitrogen and oxygen atoms in total. The molecule has 236 valence electrons. The van der Waals surface area contributed by atoms with Gasteiger partial charge in [0.05, 0.1) is 12.8 Å². The Morgan fingerprint density at radius 1 is 1.02 bits per heavy atom. The van der Waals surface area contributed by atoms with Crippen LogP contribution in [0.5, 0.6) is 5.75 Å². The molecule has 0 atom stereocenters. The van der Waals surface area contributed by atoms with E-state index in [9.17, 15) is 37.9 Å². The van der Waals surface area contributed by atoms with Crippen LogP contribution in [0.15, 0.2) is 72.1 Å². The molecule has 14 heteroatoms. The molecule has 3 rings (SSSR count). The van der Waals surface area contributed by atoms with E-state index in [4.69, 9.17) is 4.74 Å². The van der Waals surface area contributed by atoms with Crippen LogP contribution < -0.4 is 15.5 Å². The van der Waals surface area contributed by atoms with Crippen molar-refractivity contribution in [2.45, 2.75) is 40.0 Å². The topological polar surface area (TPSA) is 158 Å². The van der Waals surface area contributed by atoms with Crippen LogP contribution in [0.1, 0.15) is 47.3 Å². The number of nitrogens with zero attached hydrogens (tertiary/aromatic N) is 1. The number of carbonyl (C=O) groups excluding carboxylic acids is 2. The number of carbonyl (C=O) groups is 2. The molecule has 0 bridgehead atoms. The molecule has 0 aliphatic heterocycles. The lowest BCUT2D eigenvalue weighted by Gasteiger charge is -2.26. The first-order chi connectivity index (χ1) is 20.6. The number of hydrogen-bond donors (Lipinski definition) is 5. The first-order valence-corrected chi connectivity index (χ1v) is 14.8. The van der Waals surface area contributed by atoms with E-state index in [0.29, 0.717) is 11.3 Å². The number of aryl methyl sites for hydroxylation is 2. The van der Waals surface area contributed by atoms with E-state index in [1.165, 1.54) is 51.3 Å². The highest BCUT2D eigenvalue weighted by atomic mass is 31.2. The number of halogens is 2. The molecule has 2 amide bonds. The summed E-state index contributed by atoms with van der Waals surface area (Å²) in [6, 6.07) is 15.1. The summed E-state index contributed by atoms with van der Waals surface area (Å²) in [5, 5.41) is 12.3. The average Bonchev–Trinajstić information content (AvgIpc) is 2.97. The van der Waals surface area contributed by atoms with Crippen LogP contribution in [0.2, 0.25) is 0 Å². The van der Waals surface area contributed by atoms with E-state index >= 15 is 0 Å². The van der Waals surface area contributed by atoms with Gasteiger partial charge in [0.15, 0.2) is 0 Å². The molecule has 3 aromatic carbocycles. The normalized spacial score (nSPS) is 12.3. The van der Waals surface area contributed by atoms with Crippen LogP contribution in [-0.2, 0) is 19.8 Å². The molecular formula is C30H34F2N3O8P. The Morgan fingerprint density at radius 3 is 2.23 bits per heavy atom. The standard InChI is InChI=1S/C30H34F2N3O8P/c1-6-30(31,32)22-11-8-12-23(16-22)33-28(36)27(34-38)20(4)35(17-43-44(39,40)41)29(37)21-13-14-25(42-5)24(15-21)26-18(2)9-7-10-19(26)3/h7-16,34,38H,6,17H2,1-5H3,(H,33,36)(H2,39,40,41)/b27-20-. The number of benzene rings is 3. The van der Waals surface area contributed by atoms with Crippen molar-refractivity contribution >= 4 is 25.3 Å². The smallest absolute Gasteiger partial charge is 0.471 e. The highest BCUT2D eigenvalue weighted by Gasteiger charge is 2.30. The molecule has 44 heavy (non-hydrogen) atoms. The van der Waals surface area contributed by atoms with Gasteiger partial charge >= 0.3 is 7.82 Å². The van der Waals surface area contributed by atoms with Crippen molar-refractivity contribution < 1.29 is 47.2 Å². The number of allylic oxidation sites excluding steroid dienone is 1. The van der Waals surface area contributed by atoms with Gasteiger partial charge in [0.25, 0.3) is 17.7 Å². The predicted molar refractivity (Wildman–Crippen MR) is 159 cm³/mol. The van der Waals surface area contributed by atoms with Crippen molar-refractivity contribution in [3.63, 3.8) is 0 Å². The number of rotatable bonds is 12. The molecule has 0 saturated heterocycles. The van der Waals surface area contributed by atoms with Crippen molar-refractivity contribution in [2.75, 3.05) is 19.2 Å². The third-order valence-corrected chi connectivity index (χ3v) is 7.34. The Hall–Kier alpha value is -4.13. The summed E-state index contributed by atoms with van der Waals surface area (Å²) in [4.78, 5) is 46.4. The number of hydrogen-bond acceptors (Lipinski definition) is 7. The third kappa shape index (κ3) is 8.07. The monoisotopic (exact) mass is 633 g/mol. The van der Waals surface area contributed by atoms with Crippen LogP contribution in [0, 0.1) is 13.8 Å². The fourth-order valence-corrected chi connectivity index (χ4v) is 4.79. The Morgan fingerprint density at radius 2 is 1.66 bits per heavy atom. The fourth-order valence-electron chi connectivity index (χ4n) is 4.53. The van der Waals surface area contributed by atoms with Gasteiger partial charge in [-0.15, -0.1) is 0 Å². The first-order valence-electron chi connectivity index (χ1n) is 13.3. The molecule has 0 saturated carbocycles. The van der Waals surface area contributed by atoms with E-state index in [0.717, 1.165) is 27.7 Å². The number of methoxy groups -OCH3 is 1. The van der Waals surface area contributed by atoms with Crippen molar-refractivity contribution in [1.29, 1.82) is 0 Å². The average molecular weight is 634 g/mol. The molecule has 0 aromatic heterocycles. The number of hydroxylamine groups is 1. The van der Waals surface area contributed by atoms with Gasteiger partial charge in [-0.2, -0.15) is 0 Å². The maximum atomic E-state index is 14.2. The van der Waals surface area contributed by atoms with Gasteiger partial charge in [0.2, 0.25) is 0 Å². The van der Waals surface area contributed by atoms with Gasteiger partial charge in [0.1, 0.15) is 18.2 Å². The Labute approximate surface area is 253 Å². The summed E-state index contributed by atoms with van der Waals surface area (Å²) in [6.07, 6.45) is -0.472. The summed E-state index contributed by atoms with van der Waals surface area (Å²) in [5.41, 5.74) is 3.58. The van der Waals surface area contributed by atoms with Crippen molar-refractivity contribution in [3.8, 4) is 16.9 Å². The lowest BCUT2D eigenvalue weighted by molar-refractivity contribution is -0.114. The van der Waals surface area contributed by atoms with Crippen molar-refractivity contribution in [1.82, 2.24) is 10.4 Å². The number of phosphoric ester groups is 1. The van der Waals surface area contributed by atoms with Crippen molar-refractivity contribution in [3.05, 3.63) is 94.3 Å². The van der Waals surface area contributed by atoms with Crippen LogP contribution in [0.25, 0.3) is 11.1 Å². The minimum absolute atomic E-state index is 0.0288. The SMILES string of the molecule is CCC(F)(F)c1cccc(NC(=O)/C(NO)=C(\C)N(COP(=O)(O)O)C(=O)c2ccc(OC)c(-c3c(C)cccc3C)c2)c1. The minimum Gasteiger partial charge on any atom is -0.496 e. The van der Waals surface area contributed by atoms with Crippen LogP contribution >= 0.6 is 7.82 Å². The highest BCUT2D eigenvalue weighted by Crippen LogP contribution is 2.38. The third-order valence-electron chi connectivity index (χ3n) is 6.89. The van der Waals surface area contributed by atoms with Gasteiger partial charge in [-0.3, -0.25) is 29.7 Å². The molecule has 0 heterocycles. The maximum Gasteiger partial charge on any atom is 0.471 e. The van der Waals surface area contributed by atoms with Crippen LogP contribution in [-0.4, -0.2) is 45.5 Å². The number of amides is 2. The van der Waals surface area contributed by atoms with E-state index in [-0.39, 0.29) is 22.5 Å². The minimum atomic E-state index is -5.11. The summed E-state index contributed by atoms with van der Waals surface area (Å²) in [6.45, 7) is 5.29. The van der Waals surface area contributed by atoms with Crippen LogP contribution in [0.3, 0.4) is 0 Å². The summed E-state index contributed by atoms with van der Waals surface area (Å²) in [7, 11) is -3.64. The Bertz CT molecular complexity index is 1600. The highest BCUT2D eigenvalue weighted by molar-refractivity contribution is 7.46. The molecule has 0 radical (unpaired) electrons. The summed E-state index contributed by atoms with van der Waals surface area (Å²) in [5.74, 6) is -4.59. The molecule has 5 N–H and O–H groups in total. The molecule has 3 aromatic rings. The fraction of sp³-hybridized carbons (Fsp3) is 0.267. The number of alkyl halides is 2. The summed E-state index contributed by atoms with van der Waals surface area (Å²) < 4.78 is 50.1. The number of nitrogens with one attached hydrogen (secondary N) is 2. The Balaban J connectivity index is 2.07. The number of ether oxygens (including phenoxy) is 1. The molecule has 0 unspecified atom stereocenters. The Kier molecular flexibility index (Phi) is 11.0. The zero-order chi connectivity index (χ0) is 32.8. The van der Waals surface area contributed by atoms with Crippen LogP contribution in [0.4, 0.5) is 14.5 Å². The molecule has 0 aliphatic carbocycles. The second-order valence-corrected chi connectivity index (χ2v) is 11.1. The number of anilines is 1. The predicted octanol–water partition coefficient (Wildman–Crippen LogP) is 5.84. The number of phosphoric acid groups is 1.